The lowest BCUT2D eigenvalue weighted by molar-refractivity contribution is 0.183. The number of rotatable bonds is 8. The number of nitrogens with zero attached hydrogens (tertiary/aromatic N) is 1. The van der Waals surface area contributed by atoms with Gasteiger partial charge >= 0.3 is 0 Å². The summed E-state index contributed by atoms with van der Waals surface area (Å²) in [6.07, 6.45) is 3.66. The average molecular weight is 327 g/mol. The second kappa shape index (κ2) is 7.39. The van der Waals surface area contributed by atoms with E-state index in [0.717, 1.165) is 24.0 Å². The van der Waals surface area contributed by atoms with Crippen LogP contribution in [0.5, 0.6) is 0 Å². The summed E-state index contributed by atoms with van der Waals surface area (Å²) in [5, 5.41) is 12.5. The Hall–Kier alpha value is -0.420. The Kier molecular flexibility index (Phi) is 5.82. The van der Waals surface area contributed by atoms with E-state index in [4.69, 9.17) is 5.11 Å². The van der Waals surface area contributed by atoms with Crippen LogP contribution in [0, 0.1) is 0 Å². The van der Waals surface area contributed by atoms with Gasteiger partial charge in [-0.3, -0.25) is 4.90 Å². The molecule has 0 aliphatic heterocycles. The van der Waals surface area contributed by atoms with Gasteiger partial charge in [0.15, 0.2) is 0 Å². The molecule has 19 heavy (non-hydrogen) atoms. The fourth-order valence-electron chi connectivity index (χ4n) is 2.54. The molecule has 2 rings (SSSR count). The summed E-state index contributed by atoms with van der Waals surface area (Å²) in [7, 11) is 2.01. The van der Waals surface area contributed by atoms with Gasteiger partial charge in [0.1, 0.15) is 0 Å². The van der Waals surface area contributed by atoms with Crippen molar-refractivity contribution in [1.29, 1.82) is 0 Å². The molecule has 0 aromatic heterocycles. The summed E-state index contributed by atoms with van der Waals surface area (Å²) in [4.78, 5) is 2.42. The van der Waals surface area contributed by atoms with Crippen molar-refractivity contribution in [1.82, 2.24) is 10.2 Å². The third kappa shape index (κ3) is 4.56. The maximum atomic E-state index is 9.13. The molecule has 0 saturated heterocycles. The van der Waals surface area contributed by atoms with E-state index in [1.807, 2.05) is 7.05 Å². The summed E-state index contributed by atoms with van der Waals surface area (Å²) < 4.78 is 1.12. The van der Waals surface area contributed by atoms with Crippen molar-refractivity contribution >= 4 is 15.9 Å². The lowest BCUT2D eigenvalue weighted by Gasteiger charge is -2.24. The molecule has 0 bridgehead atoms. The molecule has 0 radical (unpaired) electrons. The summed E-state index contributed by atoms with van der Waals surface area (Å²) in [5.41, 5.74) is 1.32. The Labute approximate surface area is 124 Å². The third-order valence-electron chi connectivity index (χ3n) is 3.75. The lowest BCUT2D eigenvalue weighted by Crippen LogP contribution is -2.32. The molecule has 1 aromatic rings. The van der Waals surface area contributed by atoms with Crippen LogP contribution < -0.4 is 5.32 Å². The zero-order valence-electron chi connectivity index (χ0n) is 11.5. The quantitative estimate of drug-likeness (QED) is 0.770. The van der Waals surface area contributed by atoms with E-state index < -0.39 is 0 Å². The van der Waals surface area contributed by atoms with Crippen LogP contribution in [-0.4, -0.2) is 42.8 Å². The fraction of sp³-hybridized carbons (Fsp3) is 0.600. The smallest absolute Gasteiger partial charge is 0.0558 e. The molecule has 1 fully saturated rings. The monoisotopic (exact) mass is 326 g/mol. The van der Waals surface area contributed by atoms with Crippen molar-refractivity contribution < 1.29 is 5.11 Å². The molecule has 2 N–H and O–H groups in total. The minimum atomic E-state index is 0.262. The molecule has 1 aliphatic rings. The first-order valence-corrected chi connectivity index (χ1v) is 7.81. The minimum absolute atomic E-state index is 0.262. The fourth-order valence-corrected chi connectivity index (χ4v) is 2.96. The SMILES string of the molecule is CNC(CCN(CCO)C1CC1)c1cccc(Br)c1. The molecule has 1 unspecified atom stereocenters. The van der Waals surface area contributed by atoms with E-state index in [0.29, 0.717) is 12.1 Å². The molecule has 4 heteroatoms. The summed E-state index contributed by atoms with van der Waals surface area (Å²) in [5.74, 6) is 0. The lowest BCUT2D eigenvalue weighted by atomic mass is 10.0. The number of hydrogen-bond acceptors (Lipinski definition) is 3. The van der Waals surface area contributed by atoms with Crippen LogP contribution in [0.15, 0.2) is 28.7 Å². The standard InChI is InChI=1S/C15H23BrN2O/c1-17-15(12-3-2-4-13(16)11-12)7-8-18(9-10-19)14-5-6-14/h2-4,11,14-15,17,19H,5-10H2,1H3. The van der Waals surface area contributed by atoms with Gasteiger partial charge in [0.25, 0.3) is 0 Å². The van der Waals surface area contributed by atoms with Gasteiger partial charge in [-0.2, -0.15) is 0 Å². The Morgan fingerprint density at radius 2 is 2.21 bits per heavy atom. The molecule has 1 aromatic carbocycles. The van der Waals surface area contributed by atoms with Crippen LogP contribution >= 0.6 is 15.9 Å². The van der Waals surface area contributed by atoms with E-state index in [1.54, 1.807) is 0 Å². The maximum Gasteiger partial charge on any atom is 0.0558 e. The van der Waals surface area contributed by atoms with Crippen LogP contribution in [0.3, 0.4) is 0 Å². The number of nitrogens with one attached hydrogen (secondary N) is 1. The van der Waals surface area contributed by atoms with Crippen LogP contribution in [-0.2, 0) is 0 Å². The Morgan fingerprint density at radius 3 is 2.79 bits per heavy atom. The minimum Gasteiger partial charge on any atom is -0.395 e. The topological polar surface area (TPSA) is 35.5 Å². The molecule has 0 amide bonds. The molecule has 1 saturated carbocycles. The highest BCUT2D eigenvalue weighted by Gasteiger charge is 2.28. The van der Waals surface area contributed by atoms with Gasteiger partial charge in [-0.1, -0.05) is 28.1 Å². The second-order valence-corrected chi connectivity index (χ2v) is 6.09. The van der Waals surface area contributed by atoms with E-state index >= 15 is 0 Å². The first-order valence-electron chi connectivity index (χ1n) is 7.02. The van der Waals surface area contributed by atoms with E-state index in [1.165, 1.54) is 18.4 Å². The number of halogens is 1. The number of benzene rings is 1. The molecule has 3 nitrogen and oxygen atoms in total. The zero-order chi connectivity index (χ0) is 13.7. The highest BCUT2D eigenvalue weighted by Crippen LogP contribution is 2.28. The average Bonchev–Trinajstić information content (AvgIpc) is 3.22. The number of aliphatic hydroxyl groups excluding tert-OH is 1. The van der Waals surface area contributed by atoms with Crippen LogP contribution in [0.25, 0.3) is 0 Å². The largest absolute Gasteiger partial charge is 0.395 e. The number of aliphatic hydroxyl groups is 1. The third-order valence-corrected chi connectivity index (χ3v) is 4.25. The van der Waals surface area contributed by atoms with Gasteiger partial charge in [-0.25, -0.2) is 0 Å². The van der Waals surface area contributed by atoms with Crippen molar-refractivity contribution in [3.8, 4) is 0 Å². The highest BCUT2D eigenvalue weighted by atomic mass is 79.9. The first kappa shape index (κ1) is 15.0. The predicted octanol–water partition coefficient (Wildman–Crippen LogP) is 2.56. The molecule has 0 spiro atoms. The molecule has 1 atom stereocenters. The van der Waals surface area contributed by atoms with Gasteiger partial charge in [-0.05, 0) is 44.0 Å². The molecule has 1 aliphatic carbocycles. The summed E-state index contributed by atoms with van der Waals surface area (Å²) in [6.45, 7) is 2.11. The number of hydrogen-bond donors (Lipinski definition) is 2. The maximum absolute atomic E-state index is 9.13. The van der Waals surface area contributed by atoms with Gasteiger partial charge in [0, 0.05) is 29.6 Å². The van der Waals surface area contributed by atoms with Crippen LogP contribution in [0.1, 0.15) is 30.9 Å². The Balaban J connectivity index is 1.91. The Morgan fingerprint density at radius 1 is 1.42 bits per heavy atom. The first-order chi connectivity index (χ1) is 9.24. The summed E-state index contributed by atoms with van der Waals surface area (Å²) >= 11 is 3.53. The van der Waals surface area contributed by atoms with E-state index in [-0.39, 0.29) is 6.61 Å². The van der Waals surface area contributed by atoms with Crippen LogP contribution in [0.2, 0.25) is 0 Å². The second-order valence-electron chi connectivity index (χ2n) is 5.18. The van der Waals surface area contributed by atoms with Crippen molar-refractivity contribution in [3.63, 3.8) is 0 Å². The van der Waals surface area contributed by atoms with E-state index in [9.17, 15) is 0 Å². The molecular formula is C15H23BrN2O. The van der Waals surface area contributed by atoms with Gasteiger partial charge in [0.2, 0.25) is 0 Å². The van der Waals surface area contributed by atoms with E-state index in [2.05, 4.69) is 50.4 Å². The molecule has 0 heterocycles. The van der Waals surface area contributed by atoms with Crippen molar-refractivity contribution in [2.24, 2.45) is 0 Å². The highest BCUT2D eigenvalue weighted by molar-refractivity contribution is 9.10. The predicted molar refractivity (Wildman–Crippen MR) is 82.2 cm³/mol. The summed E-state index contributed by atoms with van der Waals surface area (Å²) in [6, 6.07) is 9.56. The zero-order valence-corrected chi connectivity index (χ0v) is 13.1. The van der Waals surface area contributed by atoms with Crippen molar-refractivity contribution in [3.05, 3.63) is 34.3 Å². The van der Waals surface area contributed by atoms with Crippen molar-refractivity contribution in [2.45, 2.75) is 31.3 Å². The molecule has 106 valence electrons. The Bertz CT molecular complexity index is 395. The van der Waals surface area contributed by atoms with Gasteiger partial charge in [0.05, 0.1) is 6.61 Å². The van der Waals surface area contributed by atoms with Crippen LogP contribution in [0.4, 0.5) is 0 Å². The van der Waals surface area contributed by atoms with Gasteiger partial charge in [-0.15, -0.1) is 0 Å². The molecular weight excluding hydrogens is 304 g/mol. The normalized spacial score (nSPS) is 16.8. The van der Waals surface area contributed by atoms with Crippen molar-refractivity contribution in [2.75, 3.05) is 26.7 Å². The van der Waals surface area contributed by atoms with Gasteiger partial charge < -0.3 is 10.4 Å².